The number of anilines is 1. The summed E-state index contributed by atoms with van der Waals surface area (Å²) in [5.41, 5.74) is 6.51. The molecule has 0 saturated carbocycles. The minimum atomic E-state index is 0.941. The summed E-state index contributed by atoms with van der Waals surface area (Å²) in [6.07, 6.45) is 4.45. The van der Waals surface area contributed by atoms with Crippen LogP contribution in [0.1, 0.15) is 11.1 Å². The van der Waals surface area contributed by atoms with E-state index in [1.165, 1.54) is 27.9 Å². The fourth-order valence-corrected chi connectivity index (χ4v) is 3.13. The van der Waals surface area contributed by atoms with Gasteiger partial charge in [0, 0.05) is 18.8 Å². The van der Waals surface area contributed by atoms with Crippen molar-refractivity contribution in [1.82, 2.24) is 0 Å². The van der Waals surface area contributed by atoms with Crippen molar-refractivity contribution in [3.05, 3.63) is 96.1 Å². The molecule has 1 heteroatoms. The van der Waals surface area contributed by atoms with Crippen molar-refractivity contribution in [3.8, 4) is 11.1 Å². The maximum absolute atomic E-state index is 2.42. The van der Waals surface area contributed by atoms with Crippen LogP contribution >= 0.6 is 0 Å². The van der Waals surface area contributed by atoms with Crippen LogP contribution in [0.2, 0.25) is 0 Å². The highest BCUT2D eigenvalue weighted by Gasteiger charge is 2.12. The third kappa shape index (κ3) is 2.91. The van der Waals surface area contributed by atoms with Crippen LogP contribution in [0.4, 0.5) is 5.69 Å². The largest absolute Gasteiger partial charge is 0.363 e. The van der Waals surface area contributed by atoms with E-state index in [1.54, 1.807) is 0 Å². The second-order valence-electron chi connectivity index (χ2n) is 5.90. The van der Waals surface area contributed by atoms with E-state index >= 15 is 0 Å². The lowest BCUT2D eigenvalue weighted by Gasteiger charge is -2.28. The van der Waals surface area contributed by atoms with Crippen LogP contribution in [-0.4, -0.2) is 6.54 Å². The fraction of sp³-hybridized carbons (Fsp3) is 0.0909. The monoisotopic (exact) mass is 297 g/mol. The van der Waals surface area contributed by atoms with Gasteiger partial charge in [0.15, 0.2) is 0 Å². The van der Waals surface area contributed by atoms with Crippen LogP contribution in [0.15, 0.2) is 84.9 Å². The van der Waals surface area contributed by atoms with Gasteiger partial charge in [-0.15, -0.1) is 0 Å². The number of fused-ring (bicyclic) bond motifs is 1. The Morgan fingerprint density at radius 2 is 1.39 bits per heavy atom. The lowest BCUT2D eigenvalue weighted by atomic mass is 10.0. The molecule has 112 valence electrons. The Morgan fingerprint density at radius 1 is 0.696 bits per heavy atom. The van der Waals surface area contributed by atoms with Gasteiger partial charge in [0.1, 0.15) is 0 Å². The molecule has 23 heavy (non-hydrogen) atoms. The molecule has 0 saturated heterocycles. The van der Waals surface area contributed by atoms with E-state index in [-0.39, 0.29) is 0 Å². The van der Waals surface area contributed by atoms with Crippen LogP contribution in [0.5, 0.6) is 0 Å². The first-order valence-corrected chi connectivity index (χ1v) is 8.05. The van der Waals surface area contributed by atoms with Crippen molar-refractivity contribution in [1.29, 1.82) is 0 Å². The van der Waals surface area contributed by atoms with Crippen LogP contribution in [-0.2, 0) is 6.54 Å². The molecule has 0 spiro atoms. The predicted molar refractivity (Wildman–Crippen MR) is 98.4 cm³/mol. The summed E-state index contributed by atoms with van der Waals surface area (Å²) >= 11 is 0. The first kappa shape index (κ1) is 13.8. The van der Waals surface area contributed by atoms with Crippen molar-refractivity contribution >= 4 is 11.8 Å². The highest BCUT2D eigenvalue weighted by atomic mass is 15.1. The number of nitrogens with zero attached hydrogens (tertiary/aromatic N) is 1. The SMILES string of the molecule is C1=Cc2ccccc2N(Cc2ccc(-c3ccccc3)cc2)C1. The van der Waals surface area contributed by atoms with E-state index in [0.29, 0.717) is 0 Å². The Kier molecular flexibility index (Phi) is 3.69. The first-order chi connectivity index (χ1) is 11.4. The average molecular weight is 297 g/mol. The highest BCUT2D eigenvalue weighted by Crippen LogP contribution is 2.27. The second-order valence-corrected chi connectivity index (χ2v) is 5.90. The zero-order chi connectivity index (χ0) is 15.5. The number of rotatable bonds is 3. The summed E-state index contributed by atoms with van der Waals surface area (Å²) in [6.45, 7) is 1.91. The van der Waals surface area contributed by atoms with Crippen LogP contribution in [0, 0.1) is 0 Å². The molecule has 0 atom stereocenters. The summed E-state index contributed by atoms with van der Waals surface area (Å²) in [4.78, 5) is 2.42. The zero-order valence-electron chi connectivity index (χ0n) is 13.0. The van der Waals surface area contributed by atoms with Gasteiger partial charge in [-0.3, -0.25) is 0 Å². The molecule has 0 aliphatic carbocycles. The third-order valence-electron chi connectivity index (χ3n) is 4.34. The molecular formula is C22H19N. The number of hydrogen-bond donors (Lipinski definition) is 0. The Balaban J connectivity index is 1.55. The minimum Gasteiger partial charge on any atom is -0.363 e. The summed E-state index contributed by atoms with van der Waals surface area (Å²) in [5, 5.41) is 0. The van der Waals surface area contributed by atoms with Crippen molar-refractivity contribution in [2.24, 2.45) is 0 Å². The summed E-state index contributed by atoms with van der Waals surface area (Å²) in [6, 6.07) is 28.0. The van der Waals surface area contributed by atoms with E-state index in [2.05, 4.69) is 95.9 Å². The molecule has 1 heterocycles. The van der Waals surface area contributed by atoms with Gasteiger partial charge in [0.2, 0.25) is 0 Å². The Bertz CT molecular complexity index is 816. The van der Waals surface area contributed by atoms with Gasteiger partial charge in [-0.2, -0.15) is 0 Å². The van der Waals surface area contributed by atoms with E-state index in [1.807, 2.05) is 0 Å². The van der Waals surface area contributed by atoms with Crippen LogP contribution in [0.25, 0.3) is 17.2 Å². The molecule has 1 aliphatic heterocycles. The molecule has 3 aromatic rings. The molecule has 0 radical (unpaired) electrons. The highest BCUT2D eigenvalue weighted by molar-refractivity contribution is 5.71. The minimum absolute atomic E-state index is 0.941. The van der Waals surface area contributed by atoms with Crippen molar-refractivity contribution in [2.75, 3.05) is 11.4 Å². The molecule has 0 fully saturated rings. The molecule has 0 N–H and O–H groups in total. The Hall–Kier alpha value is -2.80. The van der Waals surface area contributed by atoms with Gasteiger partial charge in [-0.25, -0.2) is 0 Å². The van der Waals surface area contributed by atoms with Crippen LogP contribution in [0.3, 0.4) is 0 Å². The van der Waals surface area contributed by atoms with Gasteiger partial charge in [0.05, 0.1) is 0 Å². The lowest BCUT2D eigenvalue weighted by molar-refractivity contribution is 0.861. The molecule has 0 unspecified atom stereocenters. The van der Waals surface area contributed by atoms with Gasteiger partial charge < -0.3 is 4.90 Å². The zero-order valence-corrected chi connectivity index (χ0v) is 13.0. The molecule has 3 aromatic carbocycles. The molecule has 1 aliphatic rings. The van der Waals surface area contributed by atoms with Crippen molar-refractivity contribution < 1.29 is 0 Å². The normalized spacial score (nSPS) is 13.0. The first-order valence-electron chi connectivity index (χ1n) is 8.05. The number of para-hydroxylation sites is 1. The summed E-state index contributed by atoms with van der Waals surface area (Å²) in [5.74, 6) is 0. The molecule has 0 aromatic heterocycles. The van der Waals surface area contributed by atoms with E-state index < -0.39 is 0 Å². The van der Waals surface area contributed by atoms with Gasteiger partial charge in [0.25, 0.3) is 0 Å². The smallest absolute Gasteiger partial charge is 0.0445 e. The quantitative estimate of drug-likeness (QED) is 0.626. The van der Waals surface area contributed by atoms with Gasteiger partial charge in [-0.05, 0) is 28.3 Å². The lowest BCUT2D eigenvalue weighted by Crippen LogP contribution is -2.25. The molecule has 4 rings (SSSR count). The number of hydrogen-bond acceptors (Lipinski definition) is 1. The third-order valence-corrected chi connectivity index (χ3v) is 4.34. The van der Waals surface area contributed by atoms with E-state index in [4.69, 9.17) is 0 Å². The van der Waals surface area contributed by atoms with Crippen molar-refractivity contribution in [3.63, 3.8) is 0 Å². The number of benzene rings is 3. The van der Waals surface area contributed by atoms with Crippen molar-refractivity contribution in [2.45, 2.75) is 6.54 Å². The maximum atomic E-state index is 2.42. The second kappa shape index (κ2) is 6.13. The molecule has 1 nitrogen and oxygen atoms in total. The molecule has 0 amide bonds. The van der Waals surface area contributed by atoms with E-state index in [9.17, 15) is 0 Å². The van der Waals surface area contributed by atoms with Gasteiger partial charge >= 0.3 is 0 Å². The predicted octanol–water partition coefficient (Wildman–Crippen LogP) is 5.39. The van der Waals surface area contributed by atoms with Crippen LogP contribution < -0.4 is 4.90 Å². The Morgan fingerprint density at radius 3 is 2.22 bits per heavy atom. The Labute approximate surface area is 137 Å². The van der Waals surface area contributed by atoms with E-state index in [0.717, 1.165) is 13.1 Å². The fourth-order valence-electron chi connectivity index (χ4n) is 3.13. The maximum Gasteiger partial charge on any atom is 0.0445 e. The average Bonchev–Trinajstić information content (AvgIpc) is 2.63. The molecule has 0 bridgehead atoms. The standard InChI is InChI=1S/C22H19N/c1-2-7-19(8-3-1)20-14-12-18(13-15-20)17-23-16-6-10-21-9-4-5-11-22(21)23/h1-15H,16-17H2. The molecular weight excluding hydrogens is 278 g/mol. The summed E-state index contributed by atoms with van der Waals surface area (Å²) in [7, 11) is 0. The van der Waals surface area contributed by atoms with Gasteiger partial charge in [-0.1, -0.05) is 84.9 Å². The topological polar surface area (TPSA) is 3.24 Å². The summed E-state index contributed by atoms with van der Waals surface area (Å²) < 4.78 is 0.